The summed E-state index contributed by atoms with van der Waals surface area (Å²) in [5.41, 5.74) is 3.65. The predicted molar refractivity (Wildman–Crippen MR) is 109 cm³/mol. The first-order valence-corrected chi connectivity index (χ1v) is 9.20. The molecule has 9 nitrogen and oxygen atoms in total. The third-order valence-corrected chi connectivity index (χ3v) is 4.65. The Kier molecular flexibility index (Phi) is 4.17. The second kappa shape index (κ2) is 7.12. The van der Waals surface area contributed by atoms with Gasteiger partial charge in [-0.05, 0) is 48.5 Å². The van der Waals surface area contributed by atoms with Gasteiger partial charge in [0.15, 0.2) is 0 Å². The van der Waals surface area contributed by atoms with Crippen molar-refractivity contribution in [3.63, 3.8) is 0 Å². The van der Waals surface area contributed by atoms with E-state index in [1.807, 2.05) is 59.2 Å². The van der Waals surface area contributed by atoms with E-state index in [1.165, 1.54) is 0 Å². The van der Waals surface area contributed by atoms with Crippen LogP contribution in [-0.4, -0.2) is 46.7 Å². The van der Waals surface area contributed by atoms with Gasteiger partial charge in [0, 0.05) is 24.0 Å². The summed E-state index contributed by atoms with van der Waals surface area (Å²) in [5, 5.41) is 14.2. The third kappa shape index (κ3) is 3.08. The molecule has 2 aromatic carbocycles. The van der Waals surface area contributed by atoms with E-state index in [2.05, 4.69) is 42.4 Å². The summed E-state index contributed by atoms with van der Waals surface area (Å²) in [7, 11) is 0. The van der Waals surface area contributed by atoms with Gasteiger partial charge in [-0.25, -0.2) is 9.97 Å². The largest absolute Gasteiger partial charge is 0.311 e. The monoisotopic (exact) mass is 383 g/mol. The molecule has 142 valence electrons. The number of para-hydroxylation sites is 1. The molecule has 0 radical (unpaired) electrons. The second-order valence-corrected chi connectivity index (χ2v) is 6.35. The van der Waals surface area contributed by atoms with E-state index in [0.717, 1.165) is 34.6 Å². The summed E-state index contributed by atoms with van der Waals surface area (Å²) >= 11 is 0. The molecule has 0 unspecified atom stereocenters. The Morgan fingerprint density at radius 2 is 1.93 bits per heavy atom. The number of aromatic nitrogens is 8. The van der Waals surface area contributed by atoms with Gasteiger partial charge in [-0.15, -0.1) is 10.2 Å². The first kappa shape index (κ1) is 17.0. The lowest BCUT2D eigenvalue weighted by molar-refractivity contribution is 0.881. The molecule has 5 rings (SSSR count). The minimum absolute atomic E-state index is 0.532. The van der Waals surface area contributed by atoms with Gasteiger partial charge in [-0.1, -0.05) is 18.2 Å². The van der Waals surface area contributed by atoms with Crippen molar-refractivity contribution in [3.8, 4) is 17.2 Å². The fourth-order valence-corrected chi connectivity index (χ4v) is 3.26. The number of benzene rings is 2. The van der Waals surface area contributed by atoms with Gasteiger partial charge in [-0.2, -0.15) is 10.2 Å². The third-order valence-electron chi connectivity index (χ3n) is 4.65. The average Bonchev–Trinajstić information content (AvgIpc) is 3.45. The first-order valence-electron chi connectivity index (χ1n) is 9.20. The van der Waals surface area contributed by atoms with Crippen molar-refractivity contribution in [1.29, 1.82) is 0 Å². The van der Waals surface area contributed by atoms with Crippen molar-refractivity contribution < 1.29 is 0 Å². The Hall–Kier alpha value is -4.14. The lowest BCUT2D eigenvalue weighted by atomic mass is 10.2. The van der Waals surface area contributed by atoms with E-state index in [-0.39, 0.29) is 0 Å². The van der Waals surface area contributed by atoms with E-state index in [4.69, 9.17) is 4.98 Å². The molecule has 29 heavy (non-hydrogen) atoms. The second-order valence-electron chi connectivity index (χ2n) is 6.35. The zero-order valence-electron chi connectivity index (χ0n) is 15.6. The van der Waals surface area contributed by atoms with E-state index in [0.29, 0.717) is 11.8 Å². The zero-order valence-corrected chi connectivity index (χ0v) is 15.6. The van der Waals surface area contributed by atoms with Crippen LogP contribution in [0.25, 0.3) is 28.2 Å². The number of H-pyrrole nitrogens is 1. The number of tetrazole rings is 1. The van der Waals surface area contributed by atoms with Crippen LogP contribution in [0.4, 0.5) is 11.6 Å². The van der Waals surface area contributed by atoms with Gasteiger partial charge in [0.25, 0.3) is 0 Å². The standard InChI is InChI=1S/C20H17N9/c1-2-28(15-6-4-3-5-7-15)20-21-11-10-18(23-20)29-13-22-16-9-8-14(12-17(16)29)19-24-26-27-25-19/h3-13H,2H2,1H3,(H,24,25,26,27). The van der Waals surface area contributed by atoms with Crippen molar-refractivity contribution >= 4 is 22.7 Å². The molecule has 5 aromatic rings. The number of hydrogen-bond donors (Lipinski definition) is 1. The molecule has 0 bridgehead atoms. The average molecular weight is 383 g/mol. The SMILES string of the molecule is CCN(c1ccccc1)c1nccc(-n2cnc3ccc(-c4nn[nH]n4)cc32)n1. The molecule has 0 spiro atoms. The van der Waals surface area contributed by atoms with Crippen molar-refractivity contribution in [1.82, 2.24) is 40.1 Å². The van der Waals surface area contributed by atoms with Gasteiger partial charge >= 0.3 is 0 Å². The minimum Gasteiger partial charge on any atom is -0.311 e. The molecule has 0 aliphatic heterocycles. The summed E-state index contributed by atoms with van der Waals surface area (Å²) < 4.78 is 1.93. The van der Waals surface area contributed by atoms with Crippen molar-refractivity contribution in [3.05, 3.63) is 67.1 Å². The van der Waals surface area contributed by atoms with Gasteiger partial charge < -0.3 is 4.90 Å². The van der Waals surface area contributed by atoms with Crippen LogP contribution in [-0.2, 0) is 0 Å². The molecule has 0 aliphatic carbocycles. The fraction of sp³-hybridized carbons (Fsp3) is 0.100. The van der Waals surface area contributed by atoms with Gasteiger partial charge in [0.05, 0.1) is 11.0 Å². The summed E-state index contributed by atoms with van der Waals surface area (Å²) in [5.74, 6) is 1.90. The van der Waals surface area contributed by atoms with Crippen molar-refractivity contribution in [2.75, 3.05) is 11.4 Å². The fourth-order valence-electron chi connectivity index (χ4n) is 3.26. The highest BCUT2D eigenvalue weighted by atomic mass is 15.5. The molecule has 0 aliphatic rings. The zero-order chi connectivity index (χ0) is 19.6. The normalized spacial score (nSPS) is 11.1. The maximum atomic E-state index is 4.79. The Morgan fingerprint density at radius 1 is 1.03 bits per heavy atom. The quantitative estimate of drug-likeness (QED) is 0.497. The molecule has 0 saturated heterocycles. The molecular formula is C20H17N9. The summed E-state index contributed by atoms with van der Waals surface area (Å²) in [6.45, 7) is 2.83. The van der Waals surface area contributed by atoms with Gasteiger partial charge in [-0.3, -0.25) is 4.57 Å². The number of nitrogens with one attached hydrogen (secondary N) is 1. The van der Waals surface area contributed by atoms with E-state index < -0.39 is 0 Å². The van der Waals surface area contributed by atoms with Crippen LogP contribution >= 0.6 is 0 Å². The number of aromatic amines is 1. The maximum Gasteiger partial charge on any atom is 0.231 e. The Balaban J connectivity index is 1.59. The smallest absolute Gasteiger partial charge is 0.231 e. The van der Waals surface area contributed by atoms with Crippen LogP contribution in [0.5, 0.6) is 0 Å². The number of rotatable bonds is 5. The number of imidazole rings is 1. The molecule has 3 heterocycles. The Labute approximate surface area is 166 Å². The Bertz CT molecular complexity index is 1250. The number of hydrogen-bond acceptors (Lipinski definition) is 7. The van der Waals surface area contributed by atoms with Crippen LogP contribution in [0.2, 0.25) is 0 Å². The minimum atomic E-state index is 0.532. The number of fused-ring (bicyclic) bond motifs is 1. The highest BCUT2D eigenvalue weighted by Gasteiger charge is 2.14. The molecule has 0 saturated carbocycles. The van der Waals surface area contributed by atoms with E-state index in [1.54, 1.807) is 12.5 Å². The number of nitrogens with zero attached hydrogens (tertiary/aromatic N) is 8. The van der Waals surface area contributed by atoms with Crippen LogP contribution in [0, 0.1) is 0 Å². The first-order chi connectivity index (χ1) is 14.3. The molecule has 0 fully saturated rings. The molecule has 1 N–H and O–H groups in total. The van der Waals surface area contributed by atoms with Crippen LogP contribution in [0.1, 0.15) is 6.92 Å². The molecule has 9 heteroatoms. The predicted octanol–water partition coefficient (Wildman–Crippen LogP) is 3.15. The lowest BCUT2D eigenvalue weighted by Crippen LogP contribution is -2.19. The lowest BCUT2D eigenvalue weighted by Gasteiger charge is -2.21. The highest BCUT2D eigenvalue weighted by molar-refractivity contribution is 5.82. The van der Waals surface area contributed by atoms with Gasteiger partial charge in [0.2, 0.25) is 11.8 Å². The van der Waals surface area contributed by atoms with Gasteiger partial charge in [0.1, 0.15) is 12.1 Å². The van der Waals surface area contributed by atoms with Crippen LogP contribution in [0.15, 0.2) is 67.1 Å². The molecule has 0 amide bonds. The van der Waals surface area contributed by atoms with Crippen molar-refractivity contribution in [2.24, 2.45) is 0 Å². The topological polar surface area (TPSA) is 101 Å². The summed E-state index contributed by atoms with van der Waals surface area (Å²) in [6, 6.07) is 17.8. The maximum absolute atomic E-state index is 4.79. The van der Waals surface area contributed by atoms with Crippen LogP contribution in [0.3, 0.4) is 0 Å². The molecule has 3 aromatic heterocycles. The van der Waals surface area contributed by atoms with E-state index >= 15 is 0 Å². The Morgan fingerprint density at radius 3 is 2.72 bits per heavy atom. The number of anilines is 2. The summed E-state index contributed by atoms with van der Waals surface area (Å²) in [4.78, 5) is 15.8. The molecular weight excluding hydrogens is 366 g/mol. The highest BCUT2D eigenvalue weighted by Crippen LogP contribution is 2.25. The molecule has 0 atom stereocenters. The van der Waals surface area contributed by atoms with Crippen molar-refractivity contribution in [2.45, 2.75) is 6.92 Å². The summed E-state index contributed by atoms with van der Waals surface area (Å²) in [6.07, 6.45) is 3.52. The van der Waals surface area contributed by atoms with E-state index in [9.17, 15) is 0 Å². The van der Waals surface area contributed by atoms with Crippen LogP contribution < -0.4 is 4.90 Å².